The molecular weight excluding hydrogens is 171 g/mol. The number of nitrogens with zero attached hydrogens (tertiary/aromatic N) is 2. The number of aromatic nitrogens is 2. The monoisotopic (exact) mass is 180 g/mol. The molecule has 0 aliphatic rings. The van der Waals surface area contributed by atoms with Gasteiger partial charge in [-0.3, -0.25) is 0 Å². The molecule has 0 aliphatic carbocycles. The molecule has 0 aromatic carbocycles. The topological polar surface area (TPSA) is 37.5 Å². The molecule has 2 aromatic heterocycles. The Bertz CT molecular complexity index is 450. The lowest BCUT2D eigenvalue weighted by molar-refractivity contribution is 0.276. The SMILES string of the molecule is Cc1c(CO)nc2c(F)cccn12. The summed E-state index contributed by atoms with van der Waals surface area (Å²) in [7, 11) is 0. The molecule has 3 nitrogen and oxygen atoms in total. The fourth-order valence-electron chi connectivity index (χ4n) is 1.35. The van der Waals surface area contributed by atoms with Gasteiger partial charge in [0.2, 0.25) is 0 Å². The van der Waals surface area contributed by atoms with Crippen molar-refractivity contribution >= 4 is 5.65 Å². The minimum Gasteiger partial charge on any atom is -0.390 e. The van der Waals surface area contributed by atoms with Crippen LogP contribution in [-0.2, 0) is 6.61 Å². The number of hydrogen-bond donors (Lipinski definition) is 1. The third-order valence-electron chi connectivity index (χ3n) is 2.09. The first-order valence-corrected chi connectivity index (χ1v) is 3.97. The molecule has 0 saturated heterocycles. The van der Waals surface area contributed by atoms with Crippen molar-refractivity contribution in [2.24, 2.45) is 0 Å². The minimum atomic E-state index is -0.370. The highest BCUT2D eigenvalue weighted by Crippen LogP contribution is 2.13. The lowest BCUT2D eigenvalue weighted by atomic mass is 10.3. The van der Waals surface area contributed by atoms with Gasteiger partial charge in [-0.15, -0.1) is 0 Å². The van der Waals surface area contributed by atoms with Gasteiger partial charge in [0.25, 0.3) is 0 Å². The highest BCUT2D eigenvalue weighted by Gasteiger charge is 2.09. The van der Waals surface area contributed by atoms with Crippen LogP contribution in [0.3, 0.4) is 0 Å². The molecule has 2 heterocycles. The smallest absolute Gasteiger partial charge is 0.173 e. The van der Waals surface area contributed by atoms with Crippen LogP contribution < -0.4 is 0 Å². The van der Waals surface area contributed by atoms with Gasteiger partial charge < -0.3 is 9.51 Å². The molecule has 2 aromatic rings. The quantitative estimate of drug-likeness (QED) is 0.717. The Balaban J connectivity index is 2.83. The summed E-state index contributed by atoms with van der Waals surface area (Å²) >= 11 is 0. The molecule has 0 unspecified atom stereocenters. The molecule has 2 rings (SSSR count). The molecule has 0 spiro atoms. The van der Waals surface area contributed by atoms with Gasteiger partial charge in [0, 0.05) is 11.9 Å². The molecule has 4 heteroatoms. The fourth-order valence-corrected chi connectivity index (χ4v) is 1.35. The van der Waals surface area contributed by atoms with Gasteiger partial charge in [0.15, 0.2) is 11.5 Å². The molecule has 0 atom stereocenters. The van der Waals surface area contributed by atoms with E-state index in [1.165, 1.54) is 6.07 Å². The maximum Gasteiger partial charge on any atom is 0.173 e. The van der Waals surface area contributed by atoms with Crippen LogP contribution in [0, 0.1) is 12.7 Å². The standard InChI is InChI=1S/C9H9FN2O/c1-6-8(5-13)11-9-7(10)3-2-4-12(6)9/h2-4,13H,5H2,1H3. The summed E-state index contributed by atoms with van der Waals surface area (Å²) in [5.41, 5.74) is 1.56. The summed E-state index contributed by atoms with van der Waals surface area (Å²) in [5, 5.41) is 8.91. The number of aliphatic hydroxyl groups excluding tert-OH is 1. The van der Waals surface area contributed by atoms with Crippen molar-refractivity contribution in [2.75, 3.05) is 0 Å². The molecule has 13 heavy (non-hydrogen) atoms. The van der Waals surface area contributed by atoms with Gasteiger partial charge >= 0.3 is 0 Å². The van der Waals surface area contributed by atoms with E-state index < -0.39 is 0 Å². The first-order valence-electron chi connectivity index (χ1n) is 3.97. The van der Waals surface area contributed by atoms with Crippen molar-refractivity contribution < 1.29 is 9.50 Å². The molecule has 0 bridgehead atoms. The number of hydrogen-bond acceptors (Lipinski definition) is 2. The van der Waals surface area contributed by atoms with E-state index in [1.54, 1.807) is 23.6 Å². The summed E-state index contributed by atoms with van der Waals surface area (Å²) < 4.78 is 14.8. The minimum absolute atomic E-state index is 0.160. The molecule has 68 valence electrons. The van der Waals surface area contributed by atoms with Gasteiger partial charge in [-0.25, -0.2) is 9.37 Å². The number of halogens is 1. The lowest BCUT2D eigenvalue weighted by Gasteiger charge is -1.95. The van der Waals surface area contributed by atoms with Gasteiger partial charge in [0.1, 0.15) is 0 Å². The van der Waals surface area contributed by atoms with Crippen molar-refractivity contribution in [3.05, 3.63) is 35.5 Å². The third kappa shape index (κ3) is 1.10. The average molecular weight is 180 g/mol. The number of aliphatic hydroxyl groups is 1. The first kappa shape index (κ1) is 8.19. The van der Waals surface area contributed by atoms with Crippen molar-refractivity contribution in [3.8, 4) is 0 Å². The van der Waals surface area contributed by atoms with Crippen molar-refractivity contribution in [1.82, 2.24) is 9.38 Å². The van der Waals surface area contributed by atoms with Crippen molar-refractivity contribution in [2.45, 2.75) is 13.5 Å². The Hall–Kier alpha value is -1.42. The first-order chi connectivity index (χ1) is 6.24. The van der Waals surface area contributed by atoms with Gasteiger partial charge in [-0.05, 0) is 19.1 Å². The second-order valence-electron chi connectivity index (χ2n) is 2.85. The normalized spacial score (nSPS) is 11.0. The van der Waals surface area contributed by atoms with Gasteiger partial charge in [-0.2, -0.15) is 0 Å². The molecule has 1 N–H and O–H groups in total. The Labute approximate surface area is 74.5 Å². The van der Waals surface area contributed by atoms with Crippen LogP contribution in [0.5, 0.6) is 0 Å². The second kappa shape index (κ2) is 2.81. The van der Waals surface area contributed by atoms with Gasteiger partial charge in [-0.1, -0.05) is 0 Å². The van der Waals surface area contributed by atoms with Crippen LogP contribution in [-0.4, -0.2) is 14.5 Å². The van der Waals surface area contributed by atoms with E-state index in [1.807, 2.05) is 0 Å². The zero-order valence-electron chi connectivity index (χ0n) is 7.16. The summed E-state index contributed by atoms with van der Waals surface area (Å²) in [6.45, 7) is 1.64. The average Bonchev–Trinajstić information content (AvgIpc) is 2.45. The predicted molar refractivity (Wildman–Crippen MR) is 45.8 cm³/mol. The van der Waals surface area contributed by atoms with E-state index in [2.05, 4.69) is 4.98 Å². The summed E-state index contributed by atoms with van der Waals surface area (Å²) in [6.07, 6.45) is 1.72. The zero-order valence-corrected chi connectivity index (χ0v) is 7.16. The maximum absolute atomic E-state index is 13.2. The molecule has 0 radical (unpaired) electrons. The molecule has 0 aliphatic heterocycles. The number of imidazole rings is 1. The Kier molecular flexibility index (Phi) is 1.77. The highest BCUT2D eigenvalue weighted by molar-refractivity contribution is 5.44. The molecule has 0 saturated carbocycles. The second-order valence-corrected chi connectivity index (χ2v) is 2.85. The highest BCUT2D eigenvalue weighted by atomic mass is 19.1. The summed E-state index contributed by atoms with van der Waals surface area (Å²) in [5.74, 6) is -0.370. The summed E-state index contributed by atoms with van der Waals surface area (Å²) in [4.78, 5) is 3.97. The predicted octanol–water partition coefficient (Wildman–Crippen LogP) is 1.27. The van der Waals surface area contributed by atoms with Crippen molar-refractivity contribution in [3.63, 3.8) is 0 Å². The fraction of sp³-hybridized carbons (Fsp3) is 0.222. The van der Waals surface area contributed by atoms with E-state index in [0.29, 0.717) is 5.69 Å². The van der Waals surface area contributed by atoms with Crippen LogP contribution in [0.1, 0.15) is 11.4 Å². The van der Waals surface area contributed by atoms with E-state index >= 15 is 0 Å². The maximum atomic E-state index is 13.2. The molecule has 0 amide bonds. The largest absolute Gasteiger partial charge is 0.390 e. The van der Waals surface area contributed by atoms with Crippen molar-refractivity contribution in [1.29, 1.82) is 0 Å². The van der Waals surface area contributed by atoms with Crippen LogP contribution in [0.25, 0.3) is 5.65 Å². The van der Waals surface area contributed by atoms with E-state index in [0.717, 1.165) is 5.69 Å². The van der Waals surface area contributed by atoms with Crippen LogP contribution in [0.4, 0.5) is 4.39 Å². The number of fused-ring (bicyclic) bond motifs is 1. The summed E-state index contributed by atoms with van der Waals surface area (Å²) in [6, 6.07) is 2.96. The van der Waals surface area contributed by atoms with E-state index in [4.69, 9.17) is 5.11 Å². The Morgan fingerprint density at radius 1 is 1.62 bits per heavy atom. The number of rotatable bonds is 1. The van der Waals surface area contributed by atoms with E-state index in [-0.39, 0.29) is 18.1 Å². The van der Waals surface area contributed by atoms with Gasteiger partial charge in [0.05, 0.1) is 12.3 Å². The third-order valence-corrected chi connectivity index (χ3v) is 2.09. The van der Waals surface area contributed by atoms with Crippen LogP contribution >= 0.6 is 0 Å². The molecular formula is C9H9FN2O. The van der Waals surface area contributed by atoms with E-state index in [9.17, 15) is 4.39 Å². The Morgan fingerprint density at radius 3 is 3.00 bits per heavy atom. The molecule has 0 fully saturated rings. The van der Waals surface area contributed by atoms with Crippen LogP contribution in [0.15, 0.2) is 18.3 Å². The number of pyridine rings is 1. The zero-order chi connectivity index (χ0) is 9.42. The van der Waals surface area contributed by atoms with Crippen LogP contribution in [0.2, 0.25) is 0 Å². The Morgan fingerprint density at radius 2 is 2.38 bits per heavy atom. The lowest BCUT2D eigenvalue weighted by Crippen LogP contribution is -1.90. The number of aryl methyl sites for hydroxylation is 1.